The smallest absolute Gasteiger partial charge is 0.250 e. The lowest BCUT2D eigenvalue weighted by Crippen LogP contribution is -2.14. The molecule has 5 nitrogen and oxygen atoms in total. The highest BCUT2D eigenvalue weighted by Gasteiger charge is 2.16. The third-order valence-corrected chi connectivity index (χ3v) is 4.36. The number of carbonyl (C=O) groups is 1. The molecule has 1 heterocycles. The first kappa shape index (κ1) is 18.4. The van der Waals surface area contributed by atoms with Gasteiger partial charge in [0.1, 0.15) is 0 Å². The number of carbonyl (C=O) groups excluding carboxylic acids is 1. The summed E-state index contributed by atoms with van der Waals surface area (Å²) in [5.74, 6) is 0.844. The van der Waals surface area contributed by atoms with Gasteiger partial charge in [0.2, 0.25) is 17.7 Å². The first-order valence-corrected chi connectivity index (χ1v) is 8.88. The minimum absolute atomic E-state index is 0.0586. The Hall–Kier alpha value is -2.37. The van der Waals surface area contributed by atoms with Crippen LogP contribution in [-0.4, -0.2) is 16.1 Å². The van der Waals surface area contributed by atoms with Crippen molar-refractivity contribution >= 4 is 34.8 Å². The number of hydrogen-bond donors (Lipinski definition) is 1. The highest BCUT2D eigenvalue weighted by atomic mass is 35.5. The van der Waals surface area contributed by atoms with E-state index in [0.29, 0.717) is 45.1 Å². The maximum atomic E-state index is 12.1. The molecule has 3 aromatic rings. The van der Waals surface area contributed by atoms with Gasteiger partial charge >= 0.3 is 0 Å². The van der Waals surface area contributed by atoms with Crippen LogP contribution in [0.2, 0.25) is 10.0 Å². The summed E-state index contributed by atoms with van der Waals surface area (Å²) in [5.41, 5.74) is 1.95. The minimum atomic E-state index is -0.0586. The molecule has 7 heteroatoms. The molecule has 1 N–H and O–H groups in total. The number of aromatic nitrogens is 2. The lowest BCUT2D eigenvalue weighted by Gasteiger charge is -2.09. The van der Waals surface area contributed by atoms with Crippen LogP contribution in [0.25, 0.3) is 22.9 Å². The van der Waals surface area contributed by atoms with E-state index in [1.54, 1.807) is 24.3 Å². The second-order valence-electron chi connectivity index (χ2n) is 6.23. The molecule has 0 saturated heterocycles. The number of halogens is 2. The van der Waals surface area contributed by atoms with E-state index >= 15 is 0 Å². The molecular formula is C19H17Cl2N3O2. The predicted octanol–water partition coefficient (Wildman–Crippen LogP) is 5.70. The molecule has 0 atom stereocenters. The van der Waals surface area contributed by atoms with Crippen LogP contribution >= 0.6 is 23.2 Å². The predicted molar refractivity (Wildman–Crippen MR) is 103 cm³/mol. The molecule has 0 radical (unpaired) electrons. The van der Waals surface area contributed by atoms with Crippen molar-refractivity contribution in [3.63, 3.8) is 0 Å². The van der Waals surface area contributed by atoms with E-state index in [1.807, 2.05) is 32.0 Å². The average Bonchev–Trinajstić information content (AvgIpc) is 3.07. The number of nitrogens with one attached hydrogen (secondary N) is 1. The summed E-state index contributed by atoms with van der Waals surface area (Å²) in [4.78, 5) is 12.1. The summed E-state index contributed by atoms with van der Waals surface area (Å²) in [6.07, 6.45) is 0.437. The summed E-state index contributed by atoms with van der Waals surface area (Å²) in [6, 6.07) is 12.4. The Bertz CT molecular complexity index is 938. The molecule has 0 unspecified atom stereocenters. The first-order chi connectivity index (χ1) is 12.4. The lowest BCUT2D eigenvalue weighted by molar-refractivity contribution is -0.116. The Morgan fingerprint density at radius 3 is 2.54 bits per heavy atom. The SMILES string of the molecule is CC(C)CC(=O)Nc1ccccc1-c1nnc(-c2ccc(Cl)c(Cl)c2)o1. The summed E-state index contributed by atoms with van der Waals surface area (Å²) in [6.45, 7) is 3.99. The van der Waals surface area contributed by atoms with Gasteiger partial charge in [0, 0.05) is 12.0 Å². The molecule has 0 aliphatic rings. The van der Waals surface area contributed by atoms with Crippen molar-refractivity contribution in [2.24, 2.45) is 5.92 Å². The molecule has 0 spiro atoms. The second-order valence-corrected chi connectivity index (χ2v) is 7.05. The van der Waals surface area contributed by atoms with Gasteiger partial charge < -0.3 is 9.73 Å². The van der Waals surface area contributed by atoms with Crippen molar-refractivity contribution in [3.05, 3.63) is 52.5 Å². The highest BCUT2D eigenvalue weighted by Crippen LogP contribution is 2.32. The third kappa shape index (κ3) is 4.23. The van der Waals surface area contributed by atoms with Crippen LogP contribution in [0.1, 0.15) is 20.3 Å². The number of para-hydroxylation sites is 1. The van der Waals surface area contributed by atoms with Crippen molar-refractivity contribution in [2.45, 2.75) is 20.3 Å². The Labute approximate surface area is 161 Å². The molecule has 26 heavy (non-hydrogen) atoms. The molecule has 0 aliphatic heterocycles. The van der Waals surface area contributed by atoms with E-state index in [4.69, 9.17) is 27.6 Å². The van der Waals surface area contributed by atoms with Gasteiger partial charge in [-0.05, 0) is 36.2 Å². The number of amides is 1. The molecule has 2 aromatic carbocycles. The molecular weight excluding hydrogens is 373 g/mol. The monoisotopic (exact) mass is 389 g/mol. The van der Waals surface area contributed by atoms with E-state index in [1.165, 1.54) is 0 Å². The van der Waals surface area contributed by atoms with Crippen LogP contribution in [0.4, 0.5) is 5.69 Å². The van der Waals surface area contributed by atoms with Gasteiger partial charge in [-0.2, -0.15) is 0 Å². The third-order valence-electron chi connectivity index (χ3n) is 3.62. The van der Waals surface area contributed by atoms with E-state index in [2.05, 4.69) is 15.5 Å². The minimum Gasteiger partial charge on any atom is -0.416 e. The zero-order valence-electron chi connectivity index (χ0n) is 14.3. The van der Waals surface area contributed by atoms with Gasteiger partial charge in [-0.1, -0.05) is 49.2 Å². The Balaban J connectivity index is 1.89. The molecule has 0 fully saturated rings. The Kier molecular flexibility index (Phi) is 5.59. The number of nitrogens with zero attached hydrogens (tertiary/aromatic N) is 2. The quantitative estimate of drug-likeness (QED) is 0.607. The van der Waals surface area contributed by atoms with Gasteiger partial charge in [-0.3, -0.25) is 4.79 Å². The number of hydrogen-bond acceptors (Lipinski definition) is 4. The number of anilines is 1. The largest absolute Gasteiger partial charge is 0.416 e. The fourth-order valence-electron chi connectivity index (χ4n) is 2.43. The number of rotatable bonds is 5. The standard InChI is InChI=1S/C19H17Cl2N3O2/c1-11(2)9-17(25)22-16-6-4-3-5-13(16)19-24-23-18(26-19)12-7-8-14(20)15(21)10-12/h3-8,10-11H,9H2,1-2H3,(H,22,25). The van der Waals surface area contributed by atoms with Gasteiger partial charge in [0.15, 0.2) is 0 Å². The molecule has 0 bridgehead atoms. The fraction of sp³-hybridized carbons (Fsp3) is 0.211. The average molecular weight is 390 g/mol. The van der Waals surface area contributed by atoms with Crippen LogP contribution in [0.3, 0.4) is 0 Å². The molecule has 0 aliphatic carbocycles. The van der Waals surface area contributed by atoms with E-state index in [9.17, 15) is 4.79 Å². The lowest BCUT2D eigenvalue weighted by atomic mass is 10.1. The fourth-order valence-corrected chi connectivity index (χ4v) is 2.73. The van der Waals surface area contributed by atoms with E-state index in [0.717, 1.165) is 0 Å². The first-order valence-electron chi connectivity index (χ1n) is 8.12. The van der Waals surface area contributed by atoms with Gasteiger partial charge in [0.05, 0.1) is 21.3 Å². The van der Waals surface area contributed by atoms with Crippen molar-refractivity contribution in [1.82, 2.24) is 10.2 Å². The van der Waals surface area contributed by atoms with Crippen molar-refractivity contribution in [1.29, 1.82) is 0 Å². The van der Waals surface area contributed by atoms with Gasteiger partial charge in [-0.15, -0.1) is 10.2 Å². The van der Waals surface area contributed by atoms with Gasteiger partial charge in [-0.25, -0.2) is 0 Å². The Morgan fingerprint density at radius 2 is 1.81 bits per heavy atom. The summed E-state index contributed by atoms with van der Waals surface area (Å²) < 4.78 is 5.78. The van der Waals surface area contributed by atoms with E-state index < -0.39 is 0 Å². The maximum Gasteiger partial charge on any atom is 0.250 e. The number of benzene rings is 2. The zero-order chi connectivity index (χ0) is 18.7. The van der Waals surface area contributed by atoms with Crippen LogP contribution in [-0.2, 0) is 4.79 Å². The summed E-state index contributed by atoms with van der Waals surface area (Å²) in [5, 5.41) is 11.9. The molecule has 1 aromatic heterocycles. The summed E-state index contributed by atoms with van der Waals surface area (Å²) in [7, 11) is 0. The van der Waals surface area contributed by atoms with Crippen molar-refractivity contribution < 1.29 is 9.21 Å². The van der Waals surface area contributed by atoms with Crippen LogP contribution < -0.4 is 5.32 Å². The van der Waals surface area contributed by atoms with Crippen LogP contribution in [0, 0.1) is 5.92 Å². The van der Waals surface area contributed by atoms with Crippen molar-refractivity contribution in [3.8, 4) is 22.9 Å². The topological polar surface area (TPSA) is 68.0 Å². The van der Waals surface area contributed by atoms with Crippen LogP contribution in [0.15, 0.2) is 46.9 Å². The van der Waals surface area contributed by atoms with Crippen LogP contribution in [0.5, 0.6) is 0 Å². The molecule has 1 amide bonds. The normalized spacial score (nSPS) is 11.0. The maximum absolute atomic E-state index is 12.1. The van der Waals surface area contributed by atoms with E-state index in [-0.39, 0.29) is 11.8 Å². The molecule has 134 valence electrons. The van der Waals surface area contributed by atoms with Gasteiger partial charge in [0.25, 0.3) is 0 Å². The molecule has 0 saturated carbocycles. The molecule has 3 rings (SSSR count). The zero-order valence-corrected chi connectivity index (χ0v) is 15.8. The summed E-state index contributed by atoms with van der Waals surface area (Å²) >= 11 is 12.0. The second kappa shape index (κ2) is 7.89. The highest BCUT2D eigenvalue weighted by molar-refractivity contribution is 6.42. The van der Waals surface area contributed by atoms with Crippen molar-refractivity contribution in [2.75, 3.05) is 5.32 Å². The Morgan fingerprint density at radius 1 is 1.08 bits per heavy atom.